The van der Waals surface area contributed by atoms with Crippen molar-refractivity contribution >= 4 is 0 Å². The van der Waals surface area contributed by atoms with Gasteiger partial charge in [0.1, 0.15) is 0 Å². The van der Waals surface area contributed by atoms with Crippen LogP contribution in [0.1, 0.15) is 59.8 Å². The standard InChI is InChI=1S/C9H18.C2H6/c1-3-9-7-5-4-6-8(9)2;1-2/h8-9H,3-7H2,1-2H3;1-2H3/t8-,9-;/m0./s1. The normalized spacial score (nSPS) is 30.5. The summed E-state index contributed by atoms with van der Waals surface area (Å²) in [6, 6.07) is 0. The van der Waals surface area contributed by atoms with Crippen molar-refractivity contribution in [1.82, 2.24) is 0 Å². The first kappa shape index (κ1) is 11.0. The van der Waals surface area contributed by atoms with Crippen molar-refractivity contribution in [3.8, 4) is 0 Å². The predicted octanol–water partition coefficient (Wildman–Crippen LogP) is 4.25. The van der Waals surface area contributed by atoms with Gasteiger partial charge < -0.3 is 0 Å². The third-order valence-corrected chi connectivity index (χ3v) is 2.81. The van der Waals surface area contributed by atoms with Gasteiger partial charge in [0.15, 0.2) is 0 Å². The lowest BCUT2D eigenvalue weighted by Gasteiger charge is -2.27. The third-order valence-electron chi connectivity index (χ3n) is 2.81. The van der Waals surface area contributed by atoms with Crippen LogP contribution in [0.5, 0.6) is 0 Å². The van der Waals surface area contributed by atoms with Gasteiger partial charge in [-0.3, -0.25) is 0 Å². The van der Waals surface area contributed by atoms with E-state index in [1.165, 1.54) is 32.1 Å². The number of hydrogen-bond donors (Lipinski definition) is 0. The van der Waals surface area contributed by atoms with E-state index in [0.29, 0.717) is 0 Å². The van der Waals surface area contributed by atoms with Crippen LogP contribution in [-0.4, -0.2) is 0 Å². The minimum atomic E-state index is 1.02. The Kier molecular flexibility index (Phi) is 6.69. The molecule has 0 heteroatoms. The highest BCUT2D eigenvalue weighted by Crippen LogP contribution is 2.31. The van der Waals surface area contributed by atoms with Gasteiger partial charge in [0.2, 0.25) is 0 Å². The fraction of sp³-hybridized carbons (Fsp3) is 1.00. The molecule has 0 amide bonds. The predicted molar refractivity (Wildman–Crippen MR) is 52.8 cm³/mol. The van der Waals surface area contributed by atoms with Gasteiger partial charge >= 0.3 is 0 Å². The molecule has 0 aromatic heterocycles. The quantitative estimate of drug-likeness (QED) is 0.532. The van der Waals surface area contributed by atoms with Crippen molar-refractivity contribution in [2.75, 3.05) is 0 Å². The van der Waals surface area contributed by atoms with Crippen molar-refractivity contribution in [2.24, 2.45) is 11.8 Å². The van der Waals surface area contributed by atoms with Gasteiger partial charge in [-0.15, -0.1) is 0 Å². The van der Waals surface area contributed by atoms with Gasteiger partial charge in [0.05, 0.1) is 0 Å². The molecule has 0 heterocycles. The molecule has 1 rings (SSSR count). The van der Waals surface area contributed by atoms with Gasteiger partial charge in [0, 0.05) is 0 Å². The zero-order valence-electron chi connectivity index (χ0n) is 8.69. The van der Waals surface area contributed by atoms with Crippen molar-refractivity contribution in [2.45, 2.75) is 59.8 Å². The fourth-order valence-electron chi connectivity index (χ4n) is 2.00. The molecule has 0 aliphatic heterocycles. The summed E-state index contributed by atoms with van der Waals surface area (Å²) in [4.78, 5) is 0. The lowest BCUT2D eigenvalue weighted by molar-refractivity contribution is 0.249. The lowest BCUT2D eigenvalue weighted by Crippen LogP contribution is -2.15. The molecule has 0 radical (unpaired) electrons. The smallest absolute Gasteiger partial charge is 0.0391 e. The highest BCUT2D eigenvalue weighted by molar-refractivity contribution is 4.70. The van der Waals surface area contributed by atoms with E-state index in [2.05, 4.69) is 13.8 Å². The van der Waals surface area contributed by atoms with Crippen LogP contribution in [0.4, 0.5) is 0 Å². The Bertz CT molecular complexity index is 76.1. The van der Waals surface area contributed by atoms with E-state index in [1.54, 1.807) is 0 Å². The van der Waals surface area contributed by atoms with Crippen LogP contribution < -0.4 is 0 Å². The molecule has 1 fully saturated rings. The zero-order valence-corrected chi connectivity index (χ0v) is 8.69. The number of rotatable bonds is 1. The van der Waals surface area contributed by atoms with E-state index in [4.69, 9.17) is 0 Å². The lowest BCUT2D eigenvalue weighted by atomic mass is 9.79. The molecule has 1 aliphatic rings. The highest BCUT2D eigenvalue weighted by Gasteiger charge is 2.18. The Hall–Kier alpha value is 0. The second kappa shape index (κ2) is 6.69. The fourth-order valence-corrected chi connectivity index (χ4v) is 2.00. The molecular formula is C11H24. The molecule has 1 saturated carbocycles. The van der Waals surface area contributed by atoms with Crippen molar-refractivity contribution in [3.63, 3.8) is 0 Å². The average molecular weight is 156 g/mol. The molecular weight excluding hydrogens is 132 g/mol. The maximum atomic E-state index is 2.41. The van der Waals surface area contributed by atoms with Gasteiger partial charge in [0.25, 0.3) is 0 Å². The van der Waals surface area contributed by atoms with Gasteiger partial charge in [-0.1, -0.05) is 59.8 Å². The molecule has 0 spiro atoms. The summed E-state index contributed by atoms with van der Waals surface area (Å²) in [5.74, 6) is 2.07. The first-order valence-electron chi connectivity index (χ1n) is 5.34. The average Bonchev–Trinajstić information content (AvgIpc) is 2.09. The molecule has 0 N–H and O–H groups in total. The van der Waals surface area contributed by atoms with E-state index < -0.39 is 0 Å². The van der Waals surface area contributed by atoms with Gasteiger partial charge in [-0.2, -0.15) is 0 Å². The Morgan fingerprint density at radius 1 is 1.09 bits per heavy atom. The Labute approximate surface area is 72.4 Å². The van der Waals surface area contributed by atoms with E-state index >= 15 is 0 Å². The zero-order chi connectivity index (χ0) is 8.69. The molecule has 68 valence electrons. The van der Waals surface area contributed by atoms with E-state index in [9.17, 15) is 0 Å². The minimum Gasteiger partial charge on any atom is -0.0683 e. The molecule has 0 saturated heterocycles. The summed E-state index contributed by atoms with van der Waals surface area (Å²) in [5, 5.41) is 0. The molecule has 11 heavy (non-hydrogen) atoms. The highest BCUT2D eigenvalue weighted by atomic mass is 14.2. The first-order valence-corrected chi connectivity index (χ1v) is 5.34. The summed E-state index contributed by atoms with van der Waals surface area (Å²) in [6.45, 7) is 8.74. The van der Waals surface area contributed by atoms with E-state index in [0.717, 1.165) is 11.8 Å². The topological polar surface area (TPSA) is 0 Å². The van der Waals surface area contributed by atoms with Crippen LogP contribution in [0.2, 0.25) is 0 Å². The molecule has 0 nitrogen and oxygen atoms in total. The SMILES string of the molecule is CC.CC[C@H]1CCCC[C@@H]1C. The maximum absolute atomic E-state index is 2.41. The van der Waals surface area contributed by atoms with Crippen molar-refractivity contribution in [1.29, 1.82) is 0 Å². The van der Waals surface area contributed by atoms with E-state index in [-0.39, 0.29) is 0 Å². The first-order chi connectivity index (χ1) is 5.34. The largest absolute Gasteiger partial charge is 0.0683 e. The van der Waals surface area contributed by atoms with Gasteiger partial charge in [-0.05, 0) is 11.8 Å². The summed E-state index contributed by atoms with van der Waals surface area (Å²) in [6.07, 6.45) is 7.36. The second-order valence-corrected chi connectivity index (χ2v) is 3.43. The maximum Gasteiger partial charge on any atom is -0.0391 e. The van der Waals surface area contributed by atoms with Crippen LogP contribution in [0.15, 0.2) is 0 Å². The Morgan fingerprint density at radius 3 is 2.00 bits per heavy atom. The summed E-state index contributed by atoms with van der Waals surface area (Å²) in [7, 11) is 0. The molecule has 1 aliphatic carbocycles. The Morgan fingerprint density at radius 2 is 1.64 bits per heavy atom. The number of hydrogen-bond acceptors (Lipinski definition) is 0. The van der Waals surface area contributed by atoms with Crippen LogP contribution >= 0.6 is 0 Å². The van der Waals surface area contributed by atoms with Crippen LogP contribution in [0.25, 0.3) is 0 Å². The molecule has 0 bridgehead atoms. The van der Waals surface area contributed by atoms with E-state index in [1.807, 2.05) is 13.8 Å². The third kappa shape index (κ3) is 3.79. The Balaban J connectivity index is 0.000000461. The monoisotopic (exact) mass is 156 g/mol. The minimum absolute atomic E-state index is 1.02. The molecule has 2 atom stereocenters. The van der Waals surface area contributed by atoms with Crippen LogP contribution in [-0.2, 0) is 0 Å². The van der Waals surface area contributed by atoms with Crippen LogP contribution in [0.3, 0.4) is 0 Å². The van der Waals surface area contributed by atoms with Crippen molar-refractivity contribution in [3.05, 3.63) is 0 Å². The molecule has 0 aromatic carbocycles. The van der Waals surface area contributed by atoms with Crippen LogP contribution in [0, 0.1) is 11.8 Å². The molecule has 0 unspecified atom stereocenters. The molecule has 0 aromatic rings. The second-order valence-electron chi connectivity index (χ2n) is 3.43. The summed E-state index contributed by atoms with van der Waals surface area (Å²) < 4.78 is 0. The summed E-state index contributed by atoms with van der Waals surface area (Å²) >= 11 is 0. The summed E-state index contributed by atoms with van der Waals surface area (Å²) in [5.41, 5.74) is 0. The van der Waals surface area contributed by atoms with Gasteiger partial charge in [-0.25, -0.2) is 0 Å². The van der Waals surface area contributed by atoms with Crippen molar-refractivity contribution < 1.29 is 0 Å².